The zero-order chi connectivity index (χ0) is 15.5. The highest BCUT2D eigenvalue weighted by atomic mass is 32.1. The molecule has 1 fully saturated rings. The molecule has 2 heterocycles. The molecule has 0 saturated carbocycles. The number of hydrogen-bond acceptors (Lipinski definition) is 4. The molecule has 4 nitrogen and oxygen atoms in total. The molecule has 1 saturated heterocycles. The number of thiazole rings is 1. The van der Waals surface area contributed by atoms with Gasteiger partial charge in [-0.3, -0.25) is 9.69 Å². The summed E-state index contributed by atoms with van der Waals surface area (Å²) in [6.45, 7) is 5.81. The Balaban J connectivity index is 1.79. The molecule has 0 bridgehead atoms. The van der Waals surface area contributed by atoms with Gasteiger partial charge in [0.1, 0.15) is 5.01 Å². The van der Waals surface area contributed by atoms with Gasteiger partial charge in [-0.25, -0.2) is 4.98 Å². The highest BCUT2D eigenvalue weighted by Crippen LogP contribution is 2.37. The Morgan fingerprint density at radius 2 is 2.32 bits per heavy atom. The number of para-hydroxylation sites is 1. The quantitative estimate of drug-likeness (QED) is 0.920. The molecule has 2 aromatic rings. The first-order valence-corrected chi connectivity index (χ1v) is 8.91. The first-order chi connectivity index (χ1) is 10.7. The zero-order valence-electron chi connectivity index (χ0n) is 13.2. The van der Waals surface area contributed by atoms with Gasteiger partial charge >= 0.3 is 0 Å². The minimum atomic E-state index is -0.0916. The number of fused-ring (bicyclic) bond motifs is 1. The van der Waals surface area contributed by atoms with E-state index in [1.807, 2.05) is 13.0 Å². The van der Waals surface area contributed by atoms with Crippen LogP contribution in [0.3, 0.4) is 0 Å². The number of amides is 1. The van der Waals surface area contributed by atoms with Crippen molar-refractivity contribution in [1.82, 2.24) is 15.2 Å². The van der Waals surface area contributed by atoms with Gasteiger partial charge in [-0.2, -0.15) is 0 Å². The average molecular weight is 317 g/mol. The fourth-order valence-electron chi connectivity index (χ4n) is 3.10. The number of nitrogens with zero attached hydrogens (tertiary/aromatic N) is 2. The molecule has 118 valence electrons. The maximum atomic E-state index is 12.3. The lowest BCUT2D eigenvalue weighted by Crippen LogP contribution is -2.44. The summed E-state index contributed by atoms with van der Waals surface area (Å²) in [5.41, 5.74) is 1.07. The summed E-state index contributed by atoms with van der Waals surface area (Å²) < 4.78 is 1.23. The molecule has 2 atom stereocenters. The summed E-state index contributed by atoms with van der Waals surface area (Å²) in [7, 11) is 0. The van der Waals surface area contributed by atoms with E-state index >= 15 is 0 Å². The van der Waals surface area contributed by atoms with Gasteiger partial charge in [0.25, 0.3) is 0 Å². The topological polar surface area (TPSA) is 45.2 Å². The normalized spacial score (nSPS) is 20.4. The number of rotatable bonds is 5. The Labute approximate surface area is 135 Å². The molecular weight excluding hydrogens is 294 g/mol. The zero-order valence-corrected chi connectivity index (χ0v) is 14.0. The van der Waals surface area contributed by atoms with Crippen LogP contribution in [-0.4, -0.2) is 34.9 Å². The van der Waals surface area contributed by atoms with Crippen molar-refractivity contribution in [3.8, 4) is 0 Å². The van der Waals surface area contributed by atoms with Crippen molar-refractivity contribution < 1.29 is 4.79 Å². The molecule has 22 heavy (non-hydrogen) atoms. The predicted molar refractivity (Wildman–Crippen MR) is 91.1 cm³/mol. The number of hydrogen-bond donors (Lipinski definition) is 1. The van der Waals surface area contributed by atoms with E-state index < -0.39 is 0 Å². The van der Waals surface area contributed by atoms with E-state index in [2.05, 4.69) is 35.3 Å². The van der Waals surface area contributed by atoms with E-state index in [0.29, 0.717) is 0 Å². The second-order valence-corrected chi connectivity index (χ2v) is 6.94. The maximum absolute atomic E-state index is 12.3. The largest absolute Gasteiger partial charge is 0.355 e. The van der Waals surface area contributed by atoms with Crippen LogP contribution in [0.25, 0.3) is 10.2 Å². The van der Waals surface area contributed by atoms with Gasteiger partial charge < -0.3 is 5.32 Å². The minimum Gasteiger partial charge on any atom is -0.355 e. The van der Waals surface area contributed by atoms with E-state index in [9.17, 15) is 4.79 Å². The molecule has 0 radical (unpaired) electrons. The highest BCUT2D eigenvalue weighted by molar-refractivity contribution is 7.18. The predicted octanol–water partition coefficient (Wildman–Crippen LogP) is 3.35. The van der Waals surface area contributed by atoms with Crippen LogP contribution in [0.2, 0.25) is 0 Å². The van der Waals surface area contributed by atoms with Crippen LogP contribution in [0.5, 0.6) is 0 Å². The van der Waals surface area contributed by atoms with E-state index in [1.165, 1.54) is 4.70 Å². The van der Waals surface area contributed by atoms with Crippen LogP contribution < -0.4 is 5.32 Å². The smallest absolute Gasteiger partial charge is 0.237 e. The molecular formula is C17H23N3OS. The second-order valence-electron chi connectivity index (χ2n) is 5.88. The molecule has 3 rings (SSSR count). The number of likely N-dealkylation sites (tertiary alicyclic amines) is 1. The summed E-state index contributed by atoms with van der Waals surface area (Å²) in [6, 6.07) is 8.45. The summed E-state index contributed by atoms with van der Waals surface area (Å²) in [5, 5.41) is 4.16. The monoisotopic (exact) mass is 317 g/mol. The Morgan fingerprint density at radius 3 is 3.09 bits per heavy atom. The van der Waals surface area contributed by atoms with Crippen LogP contribution >= 0.6 is 11.3 Å². The fourth-order valence-corrected chi connectivity index (χ4v) is 4.22. The molecule has 1 amide bonds. The van der Waals surface area contributed by atoms with E-state index in [-0.39, 0.29) is 18.0 Å². The van der Waals surface area contributed by atoms with E-state index in [4.69, 9.17) is 4.98 Å². The van der Waals surface area contributed by atoms with Crippen molar-refractivity contribution in [2.45, 2.75) is 45.2 Å². The number of benzene rings is 1. The lowest BCUT2D eigenvalue weighted by atomic mass is 10.2. The first-order valence-electron chi connectivity index (χ1n) is 8.09. The van der Waals surface area contributed by atoms with Crippen molar-refractivity contribution in [2.24, 2.45) is 0 Å². The SMILES string of the molecule is CCCNC(=O)C(C)N1CCCC1c1nc2ccccc2s1. The Hall–Kier alpha value is -1.46. The fraction of sp³-hybridized carbons (Fsp3) is 0.529. The van der Waals surface area contributed by atoms with Crippen molar-refractivity contribution in [1.29, 1.82) is 0 Å². The number of carbonyl (C=O) groups is 1. The maximum Gasteiger partial charge on any atom is 0.237 e. The number of nitrogens with one attached hydrogen (secondary N) is 1. The van der Waals surface area contributed by atoms with E-state index in [0.717, 1.165) is 42.9 Å². The van der Waals surface area contributed by atoms with Crippen molar-refractivity contribution in [2.75, 3.05) is 13.1 Å². The standard InChI is InChI=1S/C17H23N3OS/c1-3-10-18-16(21)12(2)20-11-6-8-14(20)17-19-13-7-4-5-9-15(13)22-17/h4-5,7,9,12,14H,3,6,8,10-11H2,1-2H3,(H,18,21). The lowest BCUT2D eigenvalue weighted by molar-refractivity contribution is -0.126. The van der Waals surface area contributed by atoms with Crippen LogP contribution in [0.1, 0.15) is 44.2 Å². The van der Waals surface area contributed by atoms with Crippen LogP contribution in [-0.2, 0) is 4.79 Å². The van der Waals surface area contributed by atoms with Gasteiger partial charge in [0.05, 0.1) is 22.3 Å². The molecule has 1 N–H and O–H groups in total. The van der Waals surface area contributed by atoms with Crippen molar-refractivity contribution in [3.05, 3.63) is 29.3 Å². The van der Waals surface area contributed by atoms with Gasteiger partial charge in [0, 0.05) is 6.54 Å². The summed E-state index contributed by atoms with van der Waals surface area (Å²) in [6.07, 6.45) is 3.19. The van der Waals surface area contributed by atoms with Crippen LogP contribution in [0.15, 0.2) is 24.3 Å². The molecule has 0 spiro atoms. The molecule has 5 heteroatoms. The Morgan fingerprint density at radius 1 is 1.50 bits per heavy atom. The van der Waals surface area contributed by atoms with Gasteiger partial charge in [-0.1, -0.05) is 19.1 Å². The summed E-state index contributed by atoms with van der Waals surface area (Å²) in [5.74, 6) is 0.134. The molecule has 1 aliphatic rings. The third-order valence-corrected chi connectivity index (χ3v) is 5.45. The third kappa shape index (κ3) is 3.01. The summed E-state index contributed by atoms with van der Waals surface area (Å²) >= 11 is 1.76. The Kier molecular flexibility index (Phi) is 4.74. The van der Waals surface area contributed by atoms with Gasteiger partial charge in [-0.05, 0) is 44.9 Å². The van der Waals surface area contributed by atoms with Crippen LogP contribution in [0.4, 0.5) is 0 Å². The van der Waals surface area contributed by atoms with Crippen molar-refractivity contribution >= 4 is 27.5 Å². The molecule has 1 aromatic heterocycles. The highest BCUT2D eigenvalue weighted by Gasteiger charge is 2.34. The first kappa shape index (κ1) is 15.4. The lowest BCUT2D eigenvalue weighted by Gasteiger charge is -2.28. The van der Waals surface area contributed by atoms with Gasteiger partial charge in [-0.15, -0.1) is 11.3 Å². The molecule has 1 aliphatic heterocycles. The third-order valence-electron chi connectivity index (χ3n) is 4.32. The Bertz CT molecular complexity index is 621. The second kappa shape index (κ2) is 6.75. The molecule has 2 unspecified atom stereocenters. The minimum absolute atomic E-state index is 0.0916. The number of aromatic nitrogens is 1. The molecule has 1 aromatic carbocycles. The van der Waals surface area contributed by atoms with Gasteiger partial charge in [0.15, 0.2) is 0 Å². The number of carbonyl (C=O) groups excluding carboxylic acids is 1. The summed E-state index contributed by atoms with van der Waals surface area (Å²) in [4.78, 5) is 19.4. The molecule has 0 aliphatic carbocycles. The van der Waals surface area contributed by atoms with Gasteiger partial charge in [0.2, 0.25) is 5.91 Å². The van der Waals surface area contributed by atoms with Crippen molar-refractivity contribution in [3.63, 3.8) is 0 Å². The average Bonchev–Trinajstić information content (AvgIpc) is 3.17. The van der Waals surface area contributed by atoms with Crippen LogP contribution in [0, 0.1) is 0 Å². The van der Waals surface area contributed by atoms with E-state index in [1.54, 1.807) is 11.3 Å².